The number of ether oxygens (including phenoxy) is 3. The van der Waals surface area contributed by atoms with Crippen LogP contribution < -0.4 is 0 Å². The third-order valence-corrected chi connectivity index (χ3v) is 12.6. The molecular formula is C31H48O5Si. The van der Waals surface area contributed by atoms with Crippen LogP contribution in [-0.2, 0) is 31.9 Å². The molecule has 1 N–H and O–H groups in total. The van der Waals surface area contributed by atoms with Gasteiger partial charge in [-0.1, -0.05) is 81.4 Å². The van der Waals surface area contributed by atoms with Crippen LogP contribution in [0.2, 0.25) is 18.1 Å². The van der Waals surface area contributed by atoms with Crippen molar-refractivity contribution in [1.82, 2.24) is 0 Å². The topological polar surface area (TPSA) is 57.2 Å². The second kappa shape index (κ2) is 12.5. The molecule has 0 saturated carbocycles. The van der Waals surface area contributed by atoms with Crippen molar-refractivity contribution in [1.29, 1.82) is 0 Å². The van der Waals surface area contributed by atoms with E-state index in [9.17, 15) is 5.11 Å². The molecule has 0 spiro atoms. The quantitative estimate of drug-likeness (QED) is 0.304. The first-order valence-corrected chi connectivity index (χ1v) is 16.6. The van der Waals surface area contributed by atoms with Crippen LogP contribution >= 0.6 is 0 Å². The summed E-state index contributed by atoms with van der Waals surface area (Å²) in [5.41, 5.74) is 1.04. The first-order valence-electron chi connectivity index (χ1n) is 13.6. The smallest absolute Gasteiger partial charge is 0.192 e. The second-order valence-electron chi connectivity index (χ2n) is 12.4. The molecule has 2 aromatic carbocycles. The lowest BCUT2D eigenvalue weighted by Gasteiger charge is -2.55. The van der Waals surface area contributed by atoms with Gasteiger partial charge in [0.15, 0.2) is 8.32 Å². The van der Waals surface area contributed by atoms with Crippen molar-refractivity contribution >= 4 is 8.32 Å². The van der Waals surface area contributed by atoms with E-state index in [0.717, 1.165) is 11.1 Å². The Kier molecular flexibility index (Phi) is 10.2. The maximum Gasteiger partial charge on any atom is 0.192 e. The molecule has 4 atom stereocenters. The van der Waals surface area contributed by atoms with Gasteiger partial charge in [0.1, 0.15) is 5.60 Å². The van der Waals surface area contributed by atoms with Crippen molar-refractivity contribution in [3.05, 3.63) is 71.8 Å². The van der Waals surface area contributed by atoms with Crippen LogP contribution in [0.5, 0.6) is 0 Å². The van der Waals surface area contributed by atoms with Gasteiger partial charge >= 0.3 is 0 Å². The maximum atomic E-state index is 9.68. The van der Waals surface area contributed by atoms with E-state index in [0.29, 0.717) is 39.1 Å². The van der Waals surface area contributed by atoms with Crippen LogP contribution in [0.4, 0.5) is 0 Å². The fraction of sp³-hybridized carbons (Fsp3) is 0.613. The maximum absolute atomic E-state index is 9.68. The van der Waals surface area contributed by atoms with Crippen LogP contribution in [-0.4, -0.2) is 50.0 Å². The number of hydrogen-bond donors (Lipinski definition) is 1. The summed E-state index contributed by atoms with van der Waals surface area (Å²) < 4.78 is 26.9. The van der Waals surface area contributed by atoms with Crippen molar-refractivity contribution < 1.29 is 23.7 Å². The molecule has 0 aromatic heterocycles. The summed E-state index contributed by atoms with van der Waals surface area (Å²) in [6.45, 7) is 17.2. The summed E-state index contributed by atoms with van der Waals surface area (Å²) in [6, 6.07) is 20.5. The number of aliphatic hydroxyl groups is 1. The number of aliphatic hydroxyl groups excluding tert-OH is 1. The van der Waals surface area contributed by atoms with Gasteiger partial charge in [-0.15, -0.1) is 0 Å². The third kappa shape index (κ3) is 7.98. The highest BCUT2D eigenvalue weighted by Crippen LogP contribution is 2.46. The minimum Gasteiger partial charge on any atom is -0.411 e. The molecule has 1 saturated heterocycles. The molecule has 1 aliphatic heterocycles. The van der Waals surface area contributed by atoms with Gasteiger partial charge in [0, 0.05) is 13.0 Å². The number of rotatable bonds is 12. The molecule has 1 fully saturated rings. The first-order chi connectivity index (χ1) is 17.4. The van der Waals surface area contributed by atoms with Gasteiger partial charge in [0.2, 0.25) is 0 Å². The predicted octanol–water partition coefficient (Wildman–Crippen LogP) is 6.89. The molecule has 6 heteroatoms. The first kappa shape index (κ1) is 30.0. The van der Waals surface area contributed by atoms with E-state index in [4.69, 9.17) is 18.6 Å². The Morgan fingerprint density at radius 2 is 1.46 bits per heavy atom. The van der Waals surface area contributed by atoms with Crippen LogP contribution in [0, 0.1) is 0 Å². The Morgan fingerprint density at radius 1 is 0.892 bits per heavy atom. The van der Waals surface area contributed by atoms with Gasteiger partial charge in [-0.2, -0.15) is 0 Å². The highest BCUT2D eigenvalue weighted by Gasteiger charge is 2.55. The summed E-state index contributed by atoms with van der Waals surface area (Å²) in [5, 5.41) is 9.76. The lowest BCUT2D eigenvalue weighted by Crippen LogP contribution is -2.65. The molecular weight excluding hydrogens is 480 g/mol. The fourth-order valence-corrected chi connectivity index (χ4v) is 6.20. The number of hydrogen-bond acceptors (Lipinski definition) is 5. The molecule has 0 bridgehead atoms. The summed E-state index contributed by atoms with van der Waals surface area (Å²) in [7, 11) is -2.08. The average molecular weight is 529 g/mol. The van der Waals surface area contributed by atoms with Crippen molar-refractivity contribution in [2.45, 2.75) is 109 Å². The van der Waals surface area contributed by atoms with Gasteiger partial charge in [-0.05, 0) is 55.9 Å². The standard InChI is InChI=1S/C31H48O5Si/c1-29(2,3)37(6,7)35-28-21-27(34-23-26-17-12-9-13-18-26)31(5,36-30(28,4)19-14-20-32)24-33-22-25-15-10-8-11-16-25/h8-13,15-18,27-28,32H,14,19-24H2,1-7H3/t27-,28+,30-,31+/m1/s1. The summed E-state index contributed by atoms with van der Waals surface area (Å²) in [4.78, 5) is 0. The Labute approximate surface area is 225 Å². The monoisotopic (exact) mass is 528 g/mol. The van der Waals surface area contributed by atoms with E-state index in [2.05, 4.69) is 72.0 Å². The highest BCUT2D eigenvalue weighted by molar-refractivity contribution is 6.74. The molecule has 3 rings (SSSR count). The molecule has 0 unspecified atom stereocenters. The Hall–Kier alpha value is -1.54. The predicted molar refractivity (Wildman–Crippen MR) is 152 cm³/mol. The molecule has 0 aliphatic carbocycles. The molecule has 206 valence electrons. The molecule has 0 amide bonds. The van der Waals surface area contributed by atoms with E-state index < -0.39 is 19.5 Å². The zero-order valence-corrected chi connectivity index (χ0v) is 25.0. The summed E-state index contributed by atoms with van der Waals surface area (Å²) in [6.07, 6.45) is 1.74. The molecule has 5 nitrogen and oxygen atoms in total. The Balaban J connectivity index is 1.86. The molecule has 1 aliphatic rings. The van der Waals surface area contributed by atoms with E-state index in [1.807, 2.05) is 36.4 Å². The van der Waals surface area contributed by atoms with Crippen molar-refractivity contribution in [2.24, 2.45) is 0 Å². The molecule has 37 heavy (non-hydrogen) atoms. The lowest BCUT2D eigenvalue weighted by molar-refractivity contribution is -0.286. The van der Waals surface area contributed by atoms with Crippen molar-refractivity contribution in [2.75, 3.05) is 13.2 Å². The molecule has 1 heterocycles. The van der Waals surface area contributed by atoms with Crippen LogP contribution in [0.15, 0.2) is 60.7 Å². The zero-order chi connectivity index (χ0) is 27.2. The Morgan fingerprint density at radius 3 is 2.00 bits per heavy atom. The Bertz CT molecular complexity index is 945. The second-order valence-corrected chi connectivity index (χ2v) is 17.2. The molecule has 0 radical (unpaired) electrons. The third-order valence-electron chi connectivity index (χ3n) is 8.13. The van der Waals surface area contributed by atoms with Crippen LogP contribution in [0.1, 0.15) is 65.0 Å². The summed E-state index contributed by atoms with van der Waals surface area (Å²) >= 11 is 0. The number of benzene rings is 2. The molecule has 2 aromatic rings. The van der Waals surface area contributed by atoms with E-state index in [1.54, 1.807) is 0 Å². The highest BCUT2D eigenvalue weighted by atomic mass is 28.4. The normalized spacial score (nSPS) is 26.8. The average Bonchev–Trinajstić information content (AvgIpc) is 2.84. The van der Waals surface area contributed by atoms with Crippen molar-refractivity contribution in [3.63, 3.8) is 0 Å². The van der Waals surface area contributed by atoms with Crippen LogP contribution in [0.25, 0.3) is 0 Å². The van der Waals surface area contributed by atoms with Gasteiger partial charge in [-0.3, -0.25) is 0 Å². The van der Waals surface area contributed by atoms with Gasteiger partial charge in [0.05, 0.1) is 37.6 Å². The van der Waals surface area contributed by atoms with Gasteiger partial charge in [0.25, 0.3) is 0 Å². The van der Waals surface area contributed by atoms with Crippen molar-refractivity contribution in [3.8, 4) is 0 Å². The van der Waals surface area contributed by atoms with E-state index in [1.165, 1.54) is 0 Å². The van der Waals surface area contributed by atoms with E-state index in [-0.39, 0.29) is 23.9 Å². The fourth-order valence-electron chi connectivity index (χ4n) is 4.79. The largest absolute Gasteiger partial charge is 0.411 e. The van der Waals surface area contributed by atoms with E-state index >= 15 is 0 Å². The SMILES string of the molecule is CC(C)(C)[Si](C)(C)O[C@H]1C[C@@H](OCc2ccccc2)[C@](C)(COCc2ccccc2)O[C@]1(C)CCCO. The van der Waals surface area contributed by atoms with Gasteiger partial charge < -0.3 is 23.7 Å². The minimum atomic E-state index is -2.08. The zero-order valence-electron chi connectivity index (χ0n) is 24.0. The van der Waals surface area contributed by atoms with Gasteiger partial charge in [-0.25, -0.2) is 0 Å². The lowest BCUT2D eigenvalue weighted by atomic mass is 9.80. The summed E-state index contributed by atoms with van der Waals surface area (Å²) in [5.74, 6) is 0. The minimum absolute atomic E-state index is 0.0742. The van der Waals surface area contributed by atoms with Crippen LogP contribution in [0.3, 0.4) is 0 Å².